The van der Waals surface area contributed by atoms with Gasteiger partial charge in [-0.05, 0) is 31.4 Å². The lowest BCUT2D eigenvalue weighted by molar-refractivity contribution is -0.116. The van der Waals surface area contributed by atoms with Crippen molar-refractivity contribution in [3.63, 3.8) is 0 Å². The van der Waals surface area contributed by atoms with Crippen LogP contribution in [0.2, 0.25) is 5.02 Å². The van der Waals surface area contributed by atoms with E-state index in [9.17, 15) is 4.79 Å². The number of rotatable bonds is 4. The van der Waals surface area contributed by atoms with Gasteiger partial charge in [0.2, 0.25) is 5.91 Å². The number of hydrogen-bond donors (Lipinski definition) is 1. The molecule has 3 rings (SSSR count). The van der Waals surface area contributed by atoms with Crippen LogP contribution in [0.15, 0.2) is 30.3 Å². The first-order valence-corrected chi connectivity index (χ1v) is 8.36. The minimum absolute atomic E-state index is 0.0754. The van der Waals surface area contributed by atoms with E-state index in [4.69, 9.17) is 21.1 Å². The van der Waals surface area contributed by atoms with Gasteiger partial charge < -0.3 is 14.8 Å². The molecule has 0 radical (unpaired) electrons. The first-order valence-electron chi connectivity index (χ1n) is 7.98. The zero-order chi connectivity index (χ0) is 17.1. The summed E-state index contributed by atoms with van der Waals surface area (Å²) in [5.41, 5.74) is 4.17. The van der Waals surface area contributed by atoms with E-state index >= 15 is 0 Å². The van der Waals surface area contributed by atoms with Crippen LogP contribution >= 0.6 is 11.6 Å². The maximum atomic E-state index is 12.2. The Labute approximate surface area is 146 Å². The predicted molar refractivity (Wildman–Crippen MR) is 95.3 cm³/mol. The zero-order valence-corrected chi connectivity index (χ0v) is 14.6. The van der Waals surface area contributed by atoms with E-state index in [1.807, 2.05) is 0 Å². The molecule has 1 amide bonds. The second-order valence-corrected chi connectivity index (χ2v) is 6.36. The molecule has 1 N–H and O–H groups in total. The highest BCUT2D eigenvalue weighted by Gasteiger charge is 2.16. The number of amides is 1. The number of benzene rings is 2. The lowest BCUT2D eigenvalue weighted by Crippen LogP contribution is -2.17. The molecule has 1 heterocycles. The van der Waals surface area contributed by atoms with Gasteiger partial charge >= 0.3 is 0 Å². The third kappa shape index (κ3) is 3.82. The summed E-state index contributed by atoms with van der Waals surface area (Å²) < 4.78 is 11.0. The number of halogens is 1. The van der Waals surface area contributed by atoms with Crippen molar-refractivity contribution in [2.45, 2.75) is 26.7 Å². The largest absolute Gasteiger partial charge is 0.486 e. The summed E-state index contributed by atoms with van der Waals surface area (Å²) in [7, 11) is 0. The molecule has 0 unspecified atom stereocenters. The summed E-state index contributed by atoms with van der Waals surface area (Å²) >= 11 is 6.21. The Hall–Kier alpha value is -2.20. The fourth-order valence-corrected chi connectivity index (χ4v) is 2.95. The Morgan fingerprint density at radius 3 is 2.54 bits per heavy atom. The average Bonchev–Trinajstić information content (AvgIpc) is 2.55. The van der Waals surface area contributed by atoms with Gasteiger partial charge in [-0.3, -0.25) is 4.79 Å². The summed E-state index contributed by atoms with van der Waals surface area (Å²) in [6, 6.07) is 9.67. The molecular weight excluding hydrogens is 326 g/mol. The molecule has 2 aromatic carbocycles. The molecule has 4 nitrogen and oxygen atoms in total. The highest BCUT2D eigenvalue weighted by atomic mass is 35.5. The summed E-state index contributed by atoms with van der Waals surface area (Å²) in [5.74, 6) is 1.14. The Morgan fingerprint density at radius 1 is 1.12 bits per heavy atom. The lowest BCUT2D eigenvalue weighted by atomic mass is 10.0. The van der Waals surface area contributed by atoms with Crippen molar-refractivity contribution in [2.24, 2.45) is 0 Å². The normalized spacial score (nSPS) is 12.8. The molecular formula is C19H20ClNO3. The molecule has 0 fully saturated rings. The molecule has 0 aliphatic carbocycles. The van der Waals surface area contributed by atoms with Crippen LogP contribution in [0.3, 0.4) is 0 Å². The summed E-state index contributed by atoms with van der Waals surface area (Å²) in [6.07, 6.45) is 1.09. The molecule has 24 heavy (non-hydrogen) atoms. The van der Waals surface area contributed by atoms with Crippen LogP contribution in [-0.2, 0) is 11.2 Å². The second kappa shape index (κ2) is 7.14. The summed E-state index contributed by atoms with van der Waals surface area (Å²) in [4.78, 5) is 12.2. The van der Waals surface area contributed by atoms with Crippen molar-refractivity contribution >= 4 is 23.2 Å². The van der Waals surface area contributed by atoms with Gasteiger partial charge in [-0.15, -0.1) is 0 Å². The molecule has 0 saturated heterocycles. The van der Waals surface area contributed by atoms with Gasteiger partial charge in [-0.2, -0.15) is 0 Å². The quantitative estimate of drug-likeness (QED) is 0.898. The van der Waals surface area contributed by atoms with Crippen molar-refractivity contribution in [1.82, 2.24) is 0 Å². The third-order valence-electron chi connectivity index (χ3n) is 4.03. The topological polar surface area (TPSA) is 47.6 Å². The number of aryl methyl sites for hydroxylation is 3. The highest BCUT2D eigenvalue weighted by Crippen LogP contribution is 2.38. The van der Waals surface area contributed by atoms with E-state index < -0.39 is 0 Å². The number of fused-ring (bicyclic) bond motifs is 1. The van der Waals surface area contributed by atoms with Crippen molar-refractivity contribution < 1.29 is 14.3 Å². The molecule has 0 bridgehead atoms. The maximum absolute atomic E-state index is 12.2. The zero-order valence-electron chi connectivity index (χ0n) is 13.8. The van der Waals surface area contributed by atoms with Gasteiger partial charge in [0.1, 0.15) is 13.2 Å². The van der Waals surface area contributed by atoms with Gasteiger partial charge in [0.05, 0.1) is 10.7 Å². The second-order valence-electron chi connectivity index (χ2n) is 5.95. The number of anilines is 1. The van der Waals surface area contributed by atoms with Crippen LogP contribution in [0.5, 0.6) is 11.5 Å². The number of ether oxygens (including phenoxy) is 2. The van der Waals surface area contributed by atoms with Crippen LogP contribution in [0.4, 0.5) is 5.69 Å². The first-order chi connectivity index (χ1) is 11.5. The first kappa shape index (κ1) is 16.7. The highest BCUT2D eigenvalue weighted by molar-refractivity contribution is 6.34. The Balaban J connectivity index is 1.64. The van der Waals surface area contributed by atoms with E-state index in [0.29, 0.717) is 48.3 Å². The predicted octanol–water partition coefficient (Wildman–Crippen LogP) is 4.30. The van der Waals surface area contributed by atoms with E-state index in [-0.39, 0.29) is 5.91 Å². The molecule has 1 aliphatic rings. The Kier molecular flexibility index (Phi) is 4.95. The van der Waals surface area contributed by atoms with E-state index in [2.05, 4.69) is 37.4 Å². The number of carbonyl (C=O) groups excluding carboxylic acids is 1. The van der Waals surface area contributed by atoms with Crippen molar-refractivity contribution in [3.8, 4) is 11.5 Å². The molecule has 2 aromatic rings. The standard InChI is InChI=1S/C19H20ClNO3/c1-12-3-4-14(13(2)9-12)5-6-19(22)21-16-11-18-17(10-15(16)20)23-7-8-24-18/h3-4,9-11H,5-8H2,1-2H3,(H,21,22). The number of hydrogen-bond acceptors (Lipinski definition) is 3. The van der Waals surface area contributed by atoms with Crippen LogP contribution in [0, 0.1) is 13.8 Å². The van der Waals surface area contributed by atoms with Crippen LogP contribution in [0.25, 0.3) is 0 Å². The summed E-state index contributed by atoms with van der Waals surface area (Å²) in [5, 5.41) is 3.30. The fraction of sp³-hybridized carbons (Fsp3) is 0.316. The number of carbonyl (C=O) groups is 1. The van der Waals surface area contributed by atoms with Crippen molar-refractivity contribution in [3.05, 3.63) is 52.0 Å². The van der Waals surface area contributed by atoms with Crippen molar-refractivity contribution in [2.75, 3.05) is 18.5 Å². The molecule has 0 aromatic heterocycles. The van der Waals surface area contributed by atoms with Gasteiger partial charge in [0, 0.05) is 18.6 Å². The maximum Gasteiger partial charge on any atom is 0.224 e. The molecule has 5 heteroatoms. The molecule has 0 saturated carbocycles. The van der Waals surface area contributed by atoms with Crippen molar-refractivity contribution in [1.29, 1.82) is 0 Å². The smallest absolute Gasteiger partial charge is 0.224 e. The van der Waals surface area contributed by atoms with Gasteiger partial charge in [-0.1, -0.05) is 35.4 Å². The third-order valence-corrected chi connectivity index (χ3v) is 4.34. The number of nitrogens with one attached hydrogen (secondary N) is 1. The van der Waals surface area contributed by atoms with Gasteiger partial charge in [0.15, 0.2) is 11.5 Å². The van der Waals surface area contributed by atoms with Gasteiger partial charge in [0.25, 0.3) is 0 Å². The minimum Gasteiger partial charge on any atom is -0.486 e. The molecule has 0 atom stereocenters. The molecule has 0 spiro atoms. The fourth-order valence-electron chi connectivity index (χ4n) is 2.75. The summed E-state index contributed by atoms with van der Waals surface area (Å²) in [6.45, 7) is 5.13. The van der Waals surface area contributed by atoms with Crippen LogP contribution in [0.1, 0.15) is 23.1 Å². The molecule has 1 aliphatic heterocycles. The van der Waals surface area contributed by atoms with Crippen LogP contribution < -0.4 is 14.8 Å². The Bertz CT molecular complexity index is 773. The Morgan fingerprint density at radius 2 is 1.83 bits per heavy atom. The average molecular weight is 346 g/mol. The SMILES string of the molecule is Cc1ccc(CCC(=O)Nc2cc3c(cc2Cl)OCCO3)c(C)c1. The van der Waals surface area contributed by atoms with E-state index in [0.717, 1.165) is 0 Å². The van der Waals surface area contributed by atoms with E-state index in [1.54, 1.807) is 12.1 Å². The minimum atomic E-state index is -0.0754. The molecule has 126 valence electrons. The monoisotopic (exact) mass is 345 g/mol. The van der Waals surface area contributed by atoms with Crippen LogP contribution in [-0.4, -0.2) is 19.1 Å². The lowest BCUT2D eigenvalue weighted by Gasteiger charge is -2.20. The van der Waals surface area contributed by atoms with Gasteiger partial charge in [-0.25, -0.2) is 0 Å². The van der Waals surface area contributed by atoms with E-state index in [1.165, 1.54) is 16.7 Å².